The number of aromatic nitrogens is 1. The molecule has 0 aliphatic rings. The first kappa shape index (κ1) is 12.6. The third-order valence-electron chi connectivity index (χ3n) is 2.72. The van der Waals surface area contributed by atoms with Crippen molar-refractivity contribution in [2.24, 2.45) is 0 Å². The Morgan fingerprint density at radius 2 is 1.72 bits per heavy atom. The third-order valence-corrected chi connectivity index (χ3v) is 2.72. The molecule has 0 atom stereocenters. The molecular weight excluding hydrogens is 227 g/mol. The van der Waals surface area contributed by atoms with Gasteiger partial charge in [0.15, 0.2) is 0 Å². The Balaban J connectivity index is 2.32. The van der Waals surface area contributed by atoms with E-state index in [9.17, 15) is 4.39 Å². The summed E-state index contributed by atoms with van der Waals surface area (Å²) in [6, 6.07) is 10.3. The summed E-state index contributed by atoms with van der Waals surface area (Å²) in [5, 5.41) is 3.23. The minimum absolute atomic E-state index is 0.0105. The van der Waals surface area contributed by atoms with Crippen molar-refractivity contribution in [2.45, 2.75) is 26.2 Å². The molecular formula is C15H17FN2. The zero-order valence-corrected chi connectivity index (χ0v) is 10.9. The third kappa shape index (κ3) is 2.86. The maximum atomic E-state index is 12.9. The molecule has 1 aromatic carbocycles. The van der Waals surface area contributed by atoms with Crippen molar-refractivity contribution in [1.29, 1.82) is 0 Å². The lowest BCUT2D eigenvalue weighted by atomic mass is 9.87. The van der Waals surface area contributed by atoms with Gasteiger partial charge in [0.2, 0.25) is 0 Å². The Kier molecular flexibility index (Phi) is 3.32. The molecule has 3 heteroatoms. The number of hydrogen-bond donors (Lipinski definition) is 1. The van der Waals surface area contributed by atoms with Crippen LogP contribution in [0.5, 0.6) is 0 Å². The monoisotopic (exact) mass is 244 g/mol. The molecule has 0 amide bonds. The minimum atomic E-state index is -0.238. The summed E-state index contributed by atoms with van der Waals surface area (Å²) in [5.74, 6) is 0.578. The number of rotatable bonds is 2. The largest absolute Gasteiger partial charge is 0.340 e. The van der Waals surface area contributed by atoms with Crippen LogP contribution in [0.2, 0.25) is 0 Å². The molecule has 0 unspecified atom stereocenters. The van der Waals surface area contributed by atoms with Gasteiger partial charge in [-0.3, -0.25) is 0 Å². The van der Waals surface area contributed by atoms with Gasteiger partial charge in [0, 0.05) is 17.4 Å². The second-order valence-corrected chi connectivity index (χ2v) is 5.28. The number of nitrogens with zero attached hydrogens (tertiary/aromatic N) is 1. The second-order valence-electron chi connectivity index (χ2n) is 5.28. The first-order valence-electron chi connectivity index (χ1n) is 5.95. The maximum absolute atomic E-state index is 12.9. The molecule has 1 heterocycles. The number of halogens is 1. The summed E-state index contributed by atoms with van der Waals surface area (Å²) in [6.45, 7) is 6.42. The average Bonchev–Trinajstić information content (AvgIpc) is 2.31. The highest BCUT2D eigenvalue weighted by atomic mass is 19.1. The van der Waals surface area contributed by atoms with E-state index in [0.29, 0.717) is 0 Å². The molecule has 0 saturated carbocycles. The molecule has 0 saturated heterocycles. The molecule has 0 bridgehead atoms. The van der Waals surface area contributed by atoms with Crippen molar-refractivity contribution in [1.82, 2.24) is 4.98 Å². The molecule has 0 fully saturated rings. The van der Waals surface area contributed by atoms with Gasteiger partial charge < -0.3 is 5.32 Å². The van der Waals surface area contributed by atoms with Crippen molar-refractivity contribution in [3.8, 4) is 0 Å². The van der Waals surface area contributed by atoms with Gasteiger partial charge in [-0.05, 0) is 35.7 Å². The van der Waals surface area contributed by atoms with Crippen LogP contribution in [-0.4, -0.2) is 4.98 Å². The second kappa shape index (κ2) is 4.77. The molecule has 0 aliphatic carbocycles. The fourth-order valence-electron chi connectivity index (χ4n) is 1.78. The van der Waals surface area contributed by atoms with E-state index in [1.54, 1.807) is 18.3 Å². The van der Waals surface area contributed by atoms with Crippen LogP contribution in [-0.2, 0) is 5.41 Å². The molecule has 94 valence electrons. The first-order chi connectivity index (χ1) is 8.47. The molecule has 0 aliphatic heterocycles. The molecule has 0 spiro atoms. The van der Waals surface area contributed by atoms with Gasteiger partial charge >= 0.3 is 0 Å². The van der Waals surface area contributed by atoms with E-state index < -0.39 is 0 Å². The zero-order valence-electron chi connectivity index (χ0n) is 10.9. The van der Waals surface area contributed by atoms with Crippen molar-refractivity contribution in [3.05, 3.63) is 54.0 Å². The predicted molar refractivity (Wildman–Crippen MR) is 72.6 cm³/mol. The minimum Gasteiger partial charge on any atom is -0.340 e. The number of hydrogen-bond acceptors (Lipinski definition) is 2. The van der Waals surface area contributed by atoms with E-state index in [1.165, 1.54) is 12.1 Å². The molecule has 1 aromatic heterocycles. The predicted octanol–water partition coefficient (Wildman–Crippen LogP) is 4.26. The van der Waals surface area contributed by atoms with Gasteiger partial charge in [-0.2, -0.15) is 0 Å². The van der Waals surface area contributed by atoms with E-state index >= 15 is 0 Å². The van der Waals surface area contributed by atoms with Gasteiger partial charge in [-0.15, -0.1) is 0 Å². The maximum Gasteiger partial charge on any atom is 0.134 e. The molecule has 2 rings (SSSR count). The summed E-state index contributed by atoms with van der Waals surface area (Å²) in [6.07, 6.45) is 1.75. The summed E-state index contributed by atoms with van der Waals surface area (Å²) in [4.78, 5) is 4.36. The summed E-state index contributed by atoms with van der Waals surface area (Å²) in [5.41, 5.74) is 1.98. The number of anilines is 2. The standard InChI is InChI=1S/C15H17FN2/c1-15(2,3)13-5-4-10-17-14(13)18-12-8-6-11(16)7-9-12/h4-10H,1-3H3,(H,17,18). The molecule has 1 N–H and O–H groups in total. The Hall–Kier alpha value is -1.90. The van der Waals surface area contributed by atoms with Crippen LogP contribution in [0.3, 0.4) is 0 Å². The Morgan fingerprint density at radius 3 is 2.33 bits per heavy atom. The number of nitrogens with one attached hydrogen (secondary N) is 1. The Bertz CT molecular complexity index is 527. The fraction of sp³-hybridized carbons (Fsp3) is 0.267. The lowest BCUT2D eigenvalue weighted by Gasteiger charge is -2.22. The highest BCUT2D eigenvalue weighted by Gasteiger charge is 2.18. The van der Waals surface area contributed by atoms with Gasteiger partial charge in [-0.25, -0.2) is 9.37 Å². The van der Waals surface area contributed by atoms with Crippen LogP contribution < -0.4 is 5.32 Å². The molecule has 2 aromatic rings. The summed E-state index contributed by atoms with van der Waals surface area (Å²) >= 11 is 0. The van der Waals surface area contributed by atoms with Crippen molar-refractivity contribution < 1.29 is 4.39 Å². The lowest BCUT2D eigenvalue weighted by Crippen LogP contribution is -2.14. The average molecular weight is 244 g/mol. The first-order valence-corrected chi connectivity index (χ1v) is 5.95. The van der Waals surface area contributed by atoms with E-state index in [1.807, 2.05) is 6.07 Å². The van der Waals surface area contributed by atoms with Crippen LogP contribution in [0.15, 0.2) is 42.6 Å². The lowest BCUT2D eigenvalue weighted by molar-refractivity contribution is 0.590. The summed E-state index contributed by atoms with van der Waals surface area (Å²) in [7, 11) is 0. The quantitative estimate of drug-likeness (QED) is 0.853. The van der Waals surface area contributed by atoms with E-state index in [4.69, 9.17) is 0 Å². The van der Waals surface area contributed by atoms with Crippen molar-refractivity contribution in [2.75, 3.05) is 5.32 Å². The van der Waals surface area contributed by atoms with Crippen molar-refractivity contribution in [3.63, 3.8) is 0 Å². The number of benzene rings is 1. The highest BCUT2D eigenvalue weighted by Crippen LogP contribution is 2.29. The van der Waals surface area contributed by atoms with Crippen LogP contribution in [0, 0.1) is 5.82 Å². The van der Waals surface area contributed by atoms with Gasteiger partial charge in [0.1, 0.15) is 11.6 Å². The van der Waals surface area contributed by atoms with Crippen molar-refractivity contribution >= 4 is 11.5 Å². The van der Waals surface area contributed by atoms with E-state index in [-0.39, 0.29) is 11.2 Å². The fourth-order valence-corrected chi connectivity index (χ4v) is 1.78. The number of pyridine rings is 1. The SMILES string of the molecule is CC(C)(C)c1cccnc1Nc1ccc(F)cc1. The Morgan fingerprint density at radius 1 is 1.06 bits per heavy atom. The highest BCUT2D eigenvalue weighted by molar-refractivity contribution is 5.60. The molecule has 2 nitrogen and oxygen atoms in total. The summed E-state index contributed by atoms with van der Waals surface area (Å²) < 4.78 is 12.9. The zero-order chi connectivity index (χ0) is 13.2. The topological polar surface area (TPSA) is 24.9 Å². The smallest absolute Gasteiger partial charge is 0.134 e. The Labute approximate surface area is 107 Å². The normalized spacial score (nSPS) is 11.3. The van der Waals surface area contributed by atoms with E-state index in [2.05, 4.69) is 37.1 Å². The van der Waals surface area contributed by atoms with E-state index in [0.717, 1.165) is 17.1 Å². The van der Waals surface area contributed by atoms with Gasteiger partial charge in [0.05, 0.1) is 0 Å². The van der Waals surface area contributed by atoms with Gasteiger partial charge in [0.25, 0.3) is 0 Å². The van der Waals surface area contributed by atoms with Gasteiger partial charge in [-0.1, -0.05) is 26.8 Å². The van der Waals surface area contributed by atoms with Crippen LogP contribution in [0.25, 0.3) is 0 Å². The van der Waals surface area contributed by atoms with Crippen LogP contribution in [0.4, 0.5) is 15.9 Å². The molecule has 18 heavy (non-hydrogen) atoms. The molecule has 0 radical (unpaired) electrons. The van der Waals surface area contributed by atoms with Crippen LogP contribution >= 0.6 is 0 Å². The van der Waals surface area contributed by atoms with Crippen LogP contribution in [0.1, 0.15) is 26.3 Å².